The SMILES string of the molecule is CCCCCCCCOc1cc(-c2ccccc2F)nc2ccccc12. The largest absolute Gasteiger partial charge is 0.493 e. The molecule has 0 aliphatic carbocycles. The van der Waals surface area contributed by atoms with Crippen molar-refractivity contribution in [3.05, 3.63) is 60.4 Å². The van der Waals surface area contributed by atoms with Crippen molar-refractivity contribution in [3.63, 3.8) is 0 Å². The molecule has 0 aliphatic rings. The number of halogens is 1. The van der Waals surface area contributed by atoms with Gasteiger partial charge >= 0.3 is 0 Å². The highest BCUT2D eigenvalue weighted by molar-refractivity contribution is 5.87. The maximum absolute atomic E-state index is 14.2. The normalized spacial score (nSPS) is 11.0. The van der Waals surface area contributed by atoms with Crippen LogP contribution in [0.5, 0.6) is 5.75 Å². The molecule has 0 amide bonds. The Morgan fingerprint density at radius 3 is 2.46 bits per heavy atom. The molecule has 0 atom stereocenters. The third kappa shape index (κ3) is 4.60. The minimum atomic E-state index is -0.267. The smallest absolute Gasteiger partial charge is 0.132 e. The molecule has 3 aromatic rings. The van der Waals surface area contributed by atoms with Crippen molar-refractivity contribution in [2.45, 2.75) is 45.4 Å². The lowest BCUT2D eigenvalue weighted by Crippen LogP contribution is -2.00. The average molecular weight is 351 g/mol. The van der Waals surface area contributed by atoms with Crippen LogP contribution in [0.2, 0.25) is 0 Å². The standard InChI is InChI=1S/C23H26FNO/c1-2-3-4-5-6-11-16-26-23-17-22(18-12-7-9-14-20(18)24)25-21-15-10-8-13-19(21)23/h7-10,12-15,17H,2-6,11,16H2,1H3. The Bertz CT molecular complexity index is 846. The number of para-hydroxylation sites is 1. The third-order valence-corrected chi connectivity index (χ3v) is 4.58. The van der Waals surface area contributed by atoms with Gasteiger partial charge in [-0.05, 0) is 30.7 Å². The predicted molar refractivity (Wildman–Crippen MR) is 106 cm³/mol. The Labute approximate surface area is 155 Å². The van der Waals surface area contributed by atoms with Crippen molar-refractivity contribution >= 4 is 10.9 Å². The number of hydrogen-bond acceptors (Lipinski definition) is 2. The van der Waals surface area contributed by atoms with E-state index in [1.807, 2.05) is 36.4 Å². The Morgan fingerprint density at radius 2 is 1.62 bits per heavy atom. The molecule has 0 bridgehead atoms. The summed E-state index contributed by atoms with van der Waals surface area (Å²) in [6, 6.07) is 16.5. The lowest BCUT2D eigenvalue weighted by atomic mass is 10.1. The van der Waals surface area contributed by atoms with Crippen LogP contribution in [0.3, 0.4) is 0 Å². The molecule has 0 saturated heterocycles. The van der Waals surface area contributed by atoms with Crippen LogP contribution in [0.15, 0.2) is 54.6 Å². The quantitative estimate of drug-likeness (QED) is 0.396. The maximum atomic E-state index is 14.2. The highest BCUT2D eigenvalue weighted by atomic mass is 19.1. The van der Waals surface area contributed by atoms with E-state index in [4.69, 9.17) is 4.74 Å². The van der Waals surface area contributed by atoms with E-state index in [2.05, 4.69) is 11.9 Å². The minimum absolute atomic E-state index is 0.267. The van der Waals surface area contributed by atoms with Gasteiger partial charge in [0.15, 0.2) is 0 Å². The predicted octanol–water partition coefficient (Wildman–Crippen LogP) is 6.78. The van der Waals surface area contributed by atoms with Gasteiger partial charge in [0.1, 0.15) is 11.6 Å². The van der Waals surface area contributed by atoms with Crippen LogP contribution in [-0.4, -0.2) is 11.6 Å². The summed E-state index contributed by atoms with van der Waals surface area (Å²) in [6.45, 7) is 2.90. The van der Waals surface area contributed by atoms with Gasteiger partial charge < -0.3 is 4.74 Å². The van der Waals surface area contributed by atoms with Crippen molar-refractivity contribution in [2.75, 3.05) is 6.61 Å². The van der Waals surface area contributed by atoms with Crippen molar-refractivity contribution in [3.8, 4) is 17.0 Å². The Balaban J connectivity index is 1.77. The van der Waals surface area contributed by atoms with E-state index in [0.29, 0.717) is 17.9 Å². The molecule has 0 fully saturated rings. The van der Waals surface area contributed by atoms with Crippen LogP contribution in [0, 0.1) is 5.82 Å². The van der Waals surface area contributed by atoms with Gasteiger partial charge in [-0.15, -0.1) is 0 Å². The third-order valence-electron chi connectivity index (χ3n) is 4.58. The number of benzene rings is 2. The first-order valence-electron chi connectivity index (χ1n) is 9.57. The zero-order valence-corrected chi connectivity index (χ0v) is 15.4. The van der Waals surface area contributed by atoms with Crippen molar-refractivity contribution in [2.24, 2.45) is 0 Å². The van der Waals surface area contributed by atoms with E-state index in [0.717, 1.165) is 23.1 Å². The molecule has 136 valence electrons. The van der Waals surface area contributed by atoms with E-state index in [-0.39, 0.29) is 5.82 Å². The van der Waals surface area contributed by atoms with Crippen LogP contribution in [-0.2, 0) is 0 Å². The lowest BCUT2D eigenvalue weighted by Gasteiger charge is -2.12. The van der Waals surface area contributed by atoms with Gasteiger partial charge in [0.05, 0.1) is 17.8 Å². The summed E-state index contributed by atoms with van der Waals surface area (Å²) >= 11 is 0. The summed E-state index contributed by atoms with van der Waals surface area (Å²) in [5, 5.41) is 0.971. The monoisotopic (exact) mass is 351 g/mol. The molecule has 2 aromatic carbocycles. The number of aromatic nitrogens is 1. The molecule has 0 unspecified atom stereocenters. The summed E-state index contributed by atoms with van der Waals surface area (Å²) in [7, 11) is 0. The molecule has 3 rings (SSSR count). The van der Waals surface area contributed by atoms with Crippen LogP contribution >= 0.6 is 0 Å². The number of hydrogen-bond donors (Lipinski definition) is 0. The molecule has 0 N–H and O–H groups in total. The highest BCUT2D eigenvalue weighted by Gasteiger charge is 2.11. The van der Waals surface area contributed by atoms with Crippen LogP contribution in [0.25, 0.3) is 22.2 Å². The van der Waals surface area contributed by atoms with Gasteiger partial charge in [0.2, 0.25) is 0 Å². The first-order valence-corrected chi connectivity index (χ1v) is 9.57. The van der Waals surface area contributed by atoms with Gasteiger partial charge in [-0.3, -0.25) is 0 Å². The molecule has 1 heterocycles. The topological polar surface area (TPSA) is 22.1 Å². The summed E-state index contributed by atoms with van der Waals surface area (Å²) in [5.41, 5.74) is 1.94. The maximum Gasteiger partial charge on any atom is 0.132 e. The van der Waals surface area contributed by atoms with Gasteiger partial charge in [-0.1, -0.05) is 63.3 Å². The van der Waals surface area contributed by atoms with Crippen molar-refractivity contribution in [1.82, 2.24) is 4.98 Å². The van der Waals surface area contributed by atoms with E-state index in [9.17, 15) is 4.39 Å². The fourth-order valence-electron chi connectivity index (χ4n) is 3.13. The van der Waals surface area contributed by atoms with E-state index in [1.165, 1.54) is 38.2 Å². The van der Waals surface area contributed by atoms with Crippen LogP contribution < -0.4 is 4.74 Å². The zero-order valence-electron chi connectivity index (χ0n) is 15.4. The number of ether oxygens (including phenoxy) is 1. The zero-order chi connectivity index (χ0) is 18.2. The number of pyridine rings is 1. The van der Waals surface area contributed by atoms with Crippen molar-refractivity contribution < 1.29 is 9.13 Å². The summed E-state index contributed by atoms with van der Waals surface area (Å²) in [5.74, 6) is 0.513. The number of nitrogens with zero attached hydrogens (tertiary/aromatic N) is 1. The fourth-order valence-corrected chi connectivity index (χ4v) is 3.13. The van der Waals surface area contributed by atoms with Gasteiger partial charge in [0.25, 0.3) is 0 Å². The first-order chi connectivity index (χ1) is 12.8. The van der Waals surface area contributed by atoms with Crippen molar-refractivity contribution in [1.29, 1.82) is 0 Å². The second-order valence-electron chi connectivity index (χ2n) is 6.62. The molecule has 0 radical (unpaired) electrons. The van der Waals surface area contributed by atoms with E-state index >= 15 is 0 Å². The Kier molecular flexibility index (Phi) is 6.59. The molecule has 0 spiro atoms. The Morgan fingerprint density at radius 1 is 0.885 bits per heavy atom. The van der Waals surface area contributed by atoms with E-state index < -0.39 is 0 Å². The second kappa shape index (κ2) is 9.33. The van der Waals surface area contributed by atoms with Gasteiger partial charge in [-0.25, -0.2) is 9.37 Å². The molecule has 1 aromatic heterocycles. The van der Waals surface area contributed by atoms with Gasteiger partial charge in [0, 0.05) is 17.0 Å². The van der Waals surface area contributed by atoms with Gasteiger partial charge in [-0.2, -0.15) is 0 Å². The molecule has 3 heteroatoms. The highest BCUT2D eigenvalue weighted by Crippen LogP contribution is 2.31. The lowest BCUT2D eigenvalue weighted by molar-refractivity contribution is 0.307. The molecule has 2 nitrogen and oxygen atoms in total. The first kappa shape index (κ1) is 18.4. The Hall–Kier alpha value is -2.42. The fraction of sp³-hybridized carbons (Fsp3) is 0.348. The number of rotatable bonds is 9. The number of fused-ring (bicyclic) bond motifs is 1. The summed E-state index contributed by atoms with van der Waals surface area (Å²) < 4.78 is 20.2. The average Bonchev–Trinajstić information content (AvgIpc) is 2.67. The molecular formula is C23H26FNO. The summed E-state index contributed by atoms with van der Waals surface area (Å²) in [4.78, 5) is 4.63. The molecule has 0 saturated carbocycles. The second-order valence-corrected chi connectivity index (χ2v) is 6.62. The van der Waals surface area contributed by atoms with E-state index in [1.54, 1.807) is 12.1 Å². The minimum Gasteiger partial charge on any atom is -0.493 e. The molecule has 26 heavy (non-hydrogen) atoms. The summed E-state index contributed by atoms with van der Waals surface area (Å²) in [6.07, 6.45) is 7.35. The molecular weight excluding hydrogens is 325 g/mol. The molecule has 0 aliphatic heterocycles. The van der Waals surface area contributed by atoms with Crippen LogP contribution in [0.4, 0.5) is 4.39 Å². The van der Waals surface area contributed by atoms with Crippen LogP contribution in [0.1, 0.15) is 45.4 Å². The number of unbranched alkanes of at least 4 members (excludes halogenated alkanes) is 5.